The van der Waals surface area contributed by atoms with Crippen molar-refractivity contribution in [2.75, 3.05) is 12.4 Å². The molecule has 0 aliphatic heterocycles. The van der Waals surface area contributed by atoms with Gasteiger partial charge < -0.3 is 15.2 Å². The molecule has 2 aromatic carbocycles. The molecule has 0 spiro atoms. The fourth-order valence-corrected chi connectivity index (χ4v) is 2.85. The summed E-state index contributed by atoms with van der Waals surface area (Å²) in [7, 11) is 1.49. The topological polar surface area (TPSA) is 91.7 Å². The Morgan fingerprint density at radius 2 is 1.50 bits per heavy atom. The molecule has 7 nitrogen and oxygen atoms in total. The van der Waals surface area contributed by atoms with Gasteiger partial charge in [0.2, 0.25) is 0 Å². The summed E-state index contributed by atoms with van der Waals surface area (Å²) in [5, 5.41) is 17.2. The summed E-state index contributed by atoms with van der Waals surface area (Å²) >= 11 is 5.11. The molecular weight excluding hydrogens is 498 g/mol. The number of pyridine rings is 2. The van der Waals surface area contributed by atoms with Crippen molar-refractivity contribution < 1.29 is 26.9 Å². The Bertz CT molecular complexity index is 1140. The smallest absolute Gasteiger partial charge is 0.191 e. The number of rotatable bonds is 5. The van der Waals surface area contributed by atoms with Gasteiger partial charge in [0.05, 0.1) is 24.7 Å². The summed E-state index contributed by atoms with van der Waals surface area (Å²) < 4.78 is 5.02. The molecule has 2 heterocycles. The number of aromatic hydroxyl groups is 1. The Kier molecular flexibility index (Phi) is 11.2. The van der Waals surface area contributed by atoms with E-state index in [-0.39, 0.29) is 22.8 Å². The van der Waals surface area contributed by atoms with Crippen LogP contribution in [0, 0.1) is 0 Å². The van der Waals surface area contributed by atoms with E-state index in [9.17, 15) is 5.11 Å². The number of anilines is 1. The molecule has 0 atom stereocenters. The van der Waals surface area contributed by atoms with Gasteiger partial charge >= 0.3 is 0 Å². The summed E-state index contributed by atoms with van der Waals surface area (Å²) in [6.07, 6.45) is 5.00. The van der Waals surface area contributed by atoms with Crippen molar-refractivity contribution in [1.29, 1.82) is 0 Å². The summed E-state index contributed by atoms with van der Waals surface area (Å²) in [5.74, 6) is 0.427. The van der Waals surface area contributed by atoms with E-state index in [1.54, 1.807) is 30.6 Å². The van der Waals surface area contributed by atoms with Crippen molar-refractivity contribution in [2.45, 2.75) is 0 Å². The predicted molar refractivity (Wildman–Crippen MR) is 136 cm³/mol. The van der Waals surface area contributed by atoms with Crippen LogP contribution >= 0.6 is 12.2 Å². The van der Waals surface area contributed by atoms with Gasteiger partial charge in [-0.25, -0.2) is 0 Å². The molecule has 0 aliphatic carbocycles. The molecule has 0 bridgehead atoms. The molecule has 3 N–H and O–H groups in total. The zero-order valence-corrected chi connectivity index (χ0v) is 20.0. The second kappa shape index (κ2) is 14.4. The molecule has 0 amide bonds. The van der Waals surface area contributed by atoms with Crippen molar-refractivity contribution in [3.8, 4) is 22.9 Å². The Hall–Kier alpha value is -3.78. The van der Waals surface area contributed by atoms with Crippen molar-refractivity contribution in [1.82, 2.24) is 15.4 Å². The van der Waals surface area contributed by atoms with Crippen LogP contribution in [0.15, 0.2) is 102 Å². The second-order valence-electron chi connectivity index (χ2n) is 6.52. The molecule has 0 aliphatic rings. The first-order valence-electron chi connectivity index (χ1n) is 10.0. The summed E-state index contributed by atoms with van der Waals surface area (Å²) in [6, 6.07) is 26.3. The molecule has 4 aromatic rings. The summed E-state index contributed by atoms with van der Waals surface area (Å²) in [6.45, 7) is 0. The number of methoxy groups -OCH3 is 1. The first kappa shape index (κ1) is 26.5. The van der Waals surface area contributed by atoms with Gasteiger partial charge in [-0.05, 0) is 60.7 Å². The van der Waals surface area contributed by atoms with E-state index in [1.165, 1.54) is 13.3 Å². The number of thiocarbonyl (C=S) groups is 1. The number of hydrazone groups is 1. The monoisotopic (exact) mass is 520 g/mol. The molecule has 177 valence electrons. The minimum Gasteiger partial charge on any atom is -0.504 e. The van der Waals surface area contributed by atoms with Crippen LogP contribution in [0.25, 0.3) is 11.4 Å². The summed E-state index contributed by atoms with van der Waals surface area (Å²) in [4.78, 5) is 8.37. The number of hydrogen-bond acceptors (Lipinski definition) is 6. The maximum absolute atomic E-state index is 9.90. The maximum Gasteiger partial charge on any atom is 0.191 e. The molecule has 0 saturated heterocycles. The van der Waals surface area contributed by atoms with Gasteiger partial charge in [0, 0.05) is 40.7 Å². The normalized spacial score (nSPS) is 9.79. The van der Waals surface area contributed by atoms with Crippen LogP contribution in [0.3, 0.4) is 0 Å². The van der Waals surface area contributed by atoms with Crippen LogP contribution < -0.4 is 15.5 Å². The van der Waals surface area contributed by atoms with E-state index in [2.05, 4.69) is 25.8 Å². The van der Waals surface area contributed by atoms with Gasteiger partial charge in [-0.15, -0.1) is 0 Å². The number of para-hydroxylation sites is 2. The van der Waals surface area contributed by atoms with E-state index in [0.29, 0.717) is 16.4 Å². The van der Waals surface area contributed by atoms with Gasteiger partial charge in [-0.1, -0.05) is 36.4 Å². The Labute approximate surface area is 214 Å². The molecule has 0 fully saturated rings. The maximum atomic E-state index is 9.90. The average Bonchev–Trinajstić information content (AvgIpc) is 2.87. The van der Waals surface area contributed by atoms with Crippen molar-refractivity contribution >= 4 is 29.2 Å². The van der Waals surface area contributed by atoms with Gasteiger partial charge in [-0.2, -0.15) is 5.10 Å². The number of aromatic nitrogens is 2. The van der Waals surface area contributed by atoms with E-state index in [1.807, 2.05) is 66.7 Å². The zero-order chi connectivity index (χ0) is 23.3. The Balaban J connectivity index is 0.000000266. The largest absolute Gasteiger partial charge is 0.504 e. The third kappa shape index (κ3) is 8.29. The van der Waals surface area contributed by atoms with Gasteiger partial charge in [0.1, 0.15) is 0 Å². The van der Waals surface area contributed by atoms with Crippen molar-refractivity contribution in [2.24, 2.45) is 5.10 Å². The molecule has 0 unspecified atom stereocenters. The van der Waals surface area contributed by atoms with Gasteiger partial charge in [0.25, 0.3) is 0 Å². The van der Waals surface area contributed by atoms with Crippen LogP contribution in [-0.4, -0.2) is 33.5 Å². The number of hydrogen-bond donors (Lipinski definition) is 3. The Morgan fingerprint density at radius 1 is 0.882 bits per heavy atom. The first-order chi connectivity index (χ1) is 16.2. The van der Waals surface area contributed by atoms with E-state index < -0.39 is 0 Å². The molecule has 9 heteroatoms. The van der Waals surface area contributed by atoms with Crippen LogP contribution in [-0.2, 0) is 17.1 Å². The number of phenols is 1. The molecule has 2 aromatic heterocycles. The molecular formula is C25H23CuN5O2S. The molecule has 4 rings (SSSR count). The number of nitrogens with zero attached hydrogens (tertiary/aromatic N) is 3. The predicted octanol–water partition coefficient (Wildman–Crippen LogP) is 4.86. The van der Waals surface area contributed by atoms with Gasteiger partial charge in [0.15, 0.2) is 16.6 Å². The van der Waals surface area contributed by atoms with Crippen LogP contribution in [0.1, 0.15) is 5.56 Å². The number of ether oxygens (including phenoxy) is 1. The molecule has 1 radical (unpaired) electrons. The summed E-state index contributed by atoms with van der Waals surface area (Å²) in [5.41, 5.74) is 5.91. The molecule has 0 saturated carbocycles. The quantitative estimate of drug-likeness (QED) is 0.150. The number of nitrogens with one attached hydrogen (secondary N) is 2. The van der Waals surface area contributed by atoms with Crippen LogP contribution in [0.5, 0.6) is 11.5 Å². The Morgan fingerprint density at radius 3 is 2.06 bits per heavy atom. The number of phenolic OH excluding ortho intramolecular Hbond substituents is 1. The number of benzene rings is 2. The second-order valence-corrected chi connectivity index (χ2v) is 6.93. The van der Waals surface area contributed by atoms with Crippen LogP contribution in [0.4, 0.5) is 5.69 Å². The van der Waals surface area contributed by atoms with E-state index in [0.717, 1.165) is 17.1 Å². The standard InChI is InChI=1S/C15H15N3O2S.C10H8N2.Cu/c1-20-13-9-5-6-11(14(13)19)10-16-18-15(21)17-12-7-3-2-4-8-12;1-3-7-11-9(5-1)10-6-2-4-8-12-10;/h2-10,19H,1H3,(H2,17,18,21);1-8H;/b16-10+;;. The van der Waals surface area contributed by atoms with Crippen molar-refractivity contribution in [3.63, 3.8) is 0 Å². The molecule has 34 heavy (non-hydrogen) atoms. The SMILES string of the molecule is COc1cccc(/C=N/NC(=S)Nc2ccccc2)c1O.[Cu].c1ccc(-c2ccccn2)nc1. The zero-order valence-electron chi connectivity index (χ0n) is 18.2. The first-order valence-corrected chi connectivity index (χ1v) is 10.4. The minimum atomic E-state index is 0. The van der Waals surface area contributed by atoms with Gasteiger partial charge in [-0.3, -0.25) is 15.4 Å². The third-order valence-corrected chi connectivity index (χ3v) is 4.44. The van der Waals surface area contributed by atoms with Crippen molar-refractivity contribution in [3.05, 3.63) is 103 Å². The average molecular weight is 521 g/mol. The fourth-order valence-electron chi connectivity index (χ4n) is 2.68. The van der Waals surface area contributed by atoms with E-state index in [4.69, 9.17) is 17.0 Å². The third-order valence-electron chi connectivity index (χ3n) is 4.24. The fraction of sp³-hybridized carbons (Fsp3) is 0.0400. The van der Waals surface area contributed by atoms with E-state index >= 15 is 0 Å². The minimum absolute atomic E-state index is 0. The van der Waals surface area contributed by atoms with Crippen LogP contribution in [0.2, 0.25) is 0 Å².